The second-order valence-corrected chi connectivity index (χ2v) is 9.05. The number of carbonyl (C=O) groups is 1. The largest absolute Gasteiger partial charge is 0.467 e. The molecule has 0 radical (unpaired) electrons. The summed E-state index contributed by atoms with van der Waals surface area (Å²) < 4.78 is 68.3. The summed E-state index contributed by atoms with van der Waals surface area (Å²) in [5, 5.41) is 0.153. The molecule has 0 saturated heterocycles. The van der Waals surface area contributed by atoms with Crippen LogP contribution in [0.4, 0.5) is 19.1 Å². The summed E-state index contributed by atoms with van der Waals surface area (Å²) in [6, 6.07) is 10.8. The number of aromatic nitrogens is 2. The first-order valence-electron chi connectivity index (χ1n) is 9.18. The van der Waals surface area contributed by atoms with Crippen molar-refractivity contribution >= 4 is 33.0 Å². The van der Waals surface area contributed by atoms with E-state index in [1.54, 1.807) is 23.1 Å². The minimum atomic E-state index is -4.59. The van der Waals surface area contributed by atoms with Crippen molar-refractivity contribution in [3.05, 3.63) is 53.6 Å². The fourth-order valence-corrected chi connectivity index (χ4v) is 4.81. The Bertz CT molecular complexity index is 1260. The Balaban J connectivity index is 1.79. The average molecular weight is 451 g/mol. The maximum Gasteiger partial charge on any atom is 0.422 e. The highest BCUT2D eigenvalue weighted by Gasteiger charge is 2.30. The molecule has 2 heterocycles. The molecule has 162 valence electrons. The van der Waals surface area contributed by atoms with E-state index in [1.165, 1.54) is 24.3 Å². The molecule has 0 atom stereocenters. The number of fused-ring (bicyclic) bond motifs is 2. The Morgan fingerprint density at radius 1 is 1.13 bits per heavy atom. The molecule has 0 bridgehead atoms. The van der Waals surface area contributed by atoms with E-state index in [4.69, 9.17) is 4.74 Å². The Morgan fingerprint density at radius 3 is 2.65 bits per heavy atom. The lowest BCUT2D eigenvalue weighted by atomic mass is 10.1. The van der Waals surface area contributed by atoms with Gasteiger partial charge in [0.25, 0.3) is 0 Å². The number of sulfone groups is 1. The molecule has 1 aliphatic heterocycles. The second kappa shape index (κ2) is 7.80. The number of nitrogens with zero attached hydrogens (tertiary/aromatic N) is 3. The van der Waals surface area contributed by atoms with Gasteiger partial charge in [-0.05, 0) is 29.8 Å². The Kier molecular flexibility index (Phi) is 5.29. The summed E-state index contributed by atoms with van der Waals surface area (Å²) in [4.78, 5) is 21.4. The van der Waals surface area contributed by atoms with Gasteiger partial charge in [-0.25, -0.2) is 13.4 Å². The molecule has 1 aliphatic rings. The highest BCUT2D eigenvalue weighted by atomic mass is 32.2. The van der Waals surface area contributed by atoms with Crippen LogP contribution in [0, 0.1) is 0 Å². The Labute approximate surface area is 175 Å². The molecule has 3 aromatic rings. The number of alkyl halides is 3. The third-order valence-corrected chi connectivity index (χ3v) is 6.55. The number of benzene rings is 2. The van der Waals surface area contributed by atoms with Gasteiger partial charge in [0.05, 0.1) is 21.6 Å². The number of halogens is 3. The van der Waals surface area contributed by atoms with Crippen LogP contribution < -0.4 is 9.64 Å². The van der Waals surface area contributed by atoms with E-state index < -0.39 is 22.6 Å². The number of aldehydes is 1. The number of ether oxygens (including phenoxy) is 1. The predicted molar refractivity (Wildman–Crippen MR) is 106 cm³/mol. The van der Waals surface area contributed by atoms with Crippen LogP contribution >= 0.6 is 0 Å². The van der Waals surface area contributed by atoms with Gasteiger partial charge in [-0.2, -0.15) is 18.2 Å². The third-order valence-electron chi connectivity index (χ3n) is 4.76. The number of anilines is 1. The zero-order chi connectivity index (χ0) is 22.2. The molecule has 0 fully saturated rings. The lowest BCUT2D eigenvalue weighted by molar-refractivity contribution is -0.153. The van der Waals surface area contributed by atoms with Gasteiger partial charge in [0, 0.05) is 18.7 Å². The van der Waals surface area contributed by atoms with E-state index in [-0.39, 0.29) is 52.0 Å². The molecular weight excluding hydrogens is 435 g/mol. The van der Waals surface area contributed by atoms with Gasteiger partial charge in [-0.15, -0.1) is 0 Å². The normalized spacial score (nSPS) is 15.9. The molecule has 0 N–H and O–H groups in total. The van der Waals surface area contributed by atoms with Crippen molar-refractivity contribution in [3.8, 4) is 5.88 Å². The van der Waals surface area contributed by atoms with Gasteiger partial charge in [0.1, 0.15) is 6.29 Å². The average Bonchev–Trinajstić information content (AvgIpc) is 2.87. The predicted octanol–water partition coefficient (Wildman–Crippen LogP) is 3.18. The van der Waals surface area contributed by atoms with E-state index in [0.29, 0.717) is 11.8 Å². The van der Waals surface area contributed by atoms with Crippen molar-refractivity contribution in [2.45, 2.75) is 17.6 Å². The van der Waals surface area contributed by atoms with Crippen molar-refractivity contribution in [1.29, 1.82) is 0 Å². The zero-order valence-electron chi connectivity index (χ0n) is 16.0. The molecule has 11 heteroatoms. The lowest BCUT2D eigenvalue weighted by Gasteiger charge is -2.21. The molecule has 0 unspecified atom stereocenters. The smallest absolute Gasteiger partial charge is 0.422 e. The van der Waals surface area contributed by atoms with Crippen LogP contribution in [0.2, 0.25) is 0 Å². The van der Waals surface area contributed by atoms with E-state index >= 15 is 0 Å². The first-order valence-corrected chi connectivity index (χ1v) is 10.8. The topological polar surface area (TPSA) is 89.5 Å². The number of carbonyl (C=O) groups excluding carboxylic acids is 1. The maximum atomic E-state index is 12.7. The zero-order valence-corrected chi connectivity index (χ0v) is 16.8. The molecule has 7 nitrogen and oxygen atoms in total. The summed E-state index contributed by atoms with van der Waals surface area (Å²) in [5.74, 6) is -0.495. The Hall–Kier alpha value is -3.21. The van der Waals surface area contributed by atoms with Gasteiger partial charge in [0.15, 0.2) is 16.4 Å². The minimum Gasteiger partial charge on any atom is -0.467 e. The first kappa shape index (κ1) is 21.0. The molecule has 4 rings (SSSR count). The second-order valence-electron chi connectivity index (χ2n) is 6.98. The van der Waals surface area contributed by atoms with Crippen LogP contribution in [0.3, 0.4) is 0 Å². The van der Waals surface area contributed by atoms with Crippen molar-refractivity contribution in [2.24, 2.45) is 0 Å². The summed E-state index contributed by atoms with van der Waals surface area (Å²) in [7, 11) is -3.53. The van der Waals surface area contributed by atoms with Gasteiger partial charge in [0.2, 0.25) is 11.8 Å². The highest BCUT2D eigenvalue weighted by molar-refractivity contribution is 7.91. The number of hydrogen-bond acceptors (Lipinski definition) is 7. The standard InChI is InChI=1S/C20H16F3N3O4S/c21-20(22,23)12-30-18-15-9-13(11-27)5-6-16(15)24-19(25-18)26-7-8-31(28,29)17-4-2-1-3-14(17)10-26/h1-6,9,11H,7-8,10,12H2. The van der Waals surface area contributed by atoms with Gasteiger partial charge in [-0.1, -0.05) is 18.2 Å². The van der Waals surface area contributed by atoms with E-state index in [2.05, 4.69) is 9.97 Å². The third kappa shape index (κ3) is 4.46. The molecule has 31 heavy (non-hydrogen) atoms. The van der Waals surface area contributed by atoms with Crippen molar-refractivity contribution in [2.75, 3.05) is 23.8 Å². The molecular formula is C20H16F3N3O4S. The minimum absolute atomic E-state index is 0.0374. The lowest BCUT2D eigenvalue weighted by Crippen LogP contribution is -2.28. The molecule has 0 spiro atoms. The van der Waals surface area contributed by atoms with E-state index in [1.807, 2.05) is 0 Å². The van der Waals surface area contributed by atoms with Crippen LogP contribution in [0.1, 0.15) is 15.9 Å². The van der Waals surface area contributed by atoms with Crippen LogP contribution in [0.25, 0.3) is 10.9 Å². The van der Waals surface area contributed by atoms with Gasteiger partial charge in [-0.3, -0.25) is 4.79 Å². The summed E-state index contributed by atoms with van der Waals surface area (Å²) in [5.41, 5.74) is 1.04. The van der Waals surface area contributed by atoms with Crippen LogP contribution in [-0.2, 0) is 16.4 Å². The monoisotopic (exact) mass is 451 g/mol. The van der Waals surface area contributed by atoms with Gasteiger partial charge < -0.3 is 9.64 Å². The fraction of sp³-hybridized carbons (Fsp3) is 0.250. The number of hydrogen-bond donors (Lipinski definition) is 0. The quantitative estimate of drug-likeness (QED) is 0.563. The van der Waals surface area contributed by atoms with Crippen LogP contribution in [0.5, 0.6) is 5.88 Å². The highest BCUT2D eigenvalue weighted by Crippen LogP contribution is 2.30. The van der Waals surface area contributed by atoms with Crippen molar-refractivity contribution < 1.29 is 31.1 Å². The summed E-state index contributed by atoms with van der Waals surface area (Å²) in [6.45, 7) is -1.36. The maximum absolute atomic E-state index is 12.7. The van der Waals surface area contributed by atoms with E-state index in [0.717, 1.165) is 0 Å². The van der Waals surface area contributed by atoms with Crippen LogP contribution in [0.15, 0.2) is 47.4 Å². The summed E-state index contributed by atoms with van der Waals surface area (Å²) >= 11 is 0. The molecule has 0 amide bonds. The molecule has 2 aromatic carbocycles. The van der Waals surface area contributed by atoms with E-state index in [9.17, 15) is 26.4 Å². The molecule has 0 saturated carbocycles. The summed E-state index contributed by atoms with van der Waals surface area (Å²) in [6.07, 6.45) is -4.03. The first-order chi connectivity index (χ1) is 14.7. The van der Waals surface area contributed by atoms with Gasteiger partial charge >= 0.3 is 6.18 Å². The van der Waals surface area contributed by atoms with Crippen molar-refractivity contribution in [3.63, 3.8) is 0 Å². The van der Waals surface area contributed by atoms with Crippen LogP contribution in [-0.4, -0.2) is 49.8 Å². The molecule has 0 aliphatic carbocycles. The SMILES string of the molecule is O=Cc1ccc2nc(N3CCS(=O)(=O)c4ccccc4C3)nc(OCC(F)(F)F)c2c1. The van der Waals surface area contributed by atoms with Crippen molar-refractivity contribution in [1.82, 2.24) is 9.97 Å². The number of rotatable bonds is 4. The fourth-order valence-electron chi connectivity index (χ4n) is 3.31. The molecule has 1 aromatic heterocycles. The Morgan fingerprint density at radius 2 is 1.90 bits per heavy atom.